The lowest BCUT2D eigenvalue weighted by atomic mass is 10.2. The number of hydrogen-bond acceptors (Lipinski definition) is 4. The molecule has 2 heterocycles. The van der Waals surface area contributed by atoms with E-state index in [4.69, 9.17) is 4.74 Å². The fourth-order valence-electron chi connectivity index (χ4n) is 2.39. The van der Waals surface area contributed by atoms with Gasteiger partial charge in [-0.05, 0) is 47.6 Å². The highest BCUT2D eigenvalue weighted by molar-refractivity contribution is 7.07. The van der Waals surface area contributed by atoms with Crippen LogP contribution in [0.5, 0.6) is 0 Å². The van der Waals surface area contributed by atoms with E-state index in [2.05, 4.69) is 22.1 Å². The van der Waals surface area contributed by atoms with Gasteiger partial charge in [0.15, 0.2) is 0 Å². The van der Waals surface area contributed by atoms with Crippen LogP contribution in [0.2, 0.25) is 0 Å². The van der Waals surface area contributed by atoms with Gasteiger partial charge in [-0.25, -0.2) is 0 Å². The van der Waals surface area contributed by atoms with E-state index in [9.17, 15) is 4.79 Å². The van der Waals surface area contributed by atoms with Crippen LogP contribution < -0.4 is 5.32 Å². The van der Waals surface area contributed by atoms with Gasteiger partial charge in [0.25, 0.3) is 0 Å². The van der Waals surface area contributed by atoms with Gasteiger partial charge in [0.2, 0.25) is 5.91 Å². The molecule has 0 spiro atoms. The minimum absolute atomic E-state index is 0.0576. The van der Waals surface area contributed by atoms with Crippen molar-refractivity contribution in [2.75, 3.05) is 26.3 Å². The van der Waals surface area contributed by atoms with Crippen molar-refractivity contribution in [3.63, 3.8) is 0 Å². The van der Waals surface area contributed by atoms with Gasteiger partial charge < -0.3 is 9.64 Å². The Labute approximate surface area is 117 Å². The molecule has 1 aromatic heterocycles. The van der Waals surface area contributed by atoms with E-state index < -0.39 is 0 Å². The third-order valence-corrected chi connectivity index (χ3v) is 4.38. The lowest BCUT2D eigenvalue weighted by Crippen LogP contribution is -2.31. The van der Waals surface area contributed by atoms with Gasteiger partial charge in [-0.1, -0.05) is 0 Å². The summed E-state index contributed by atoms with van der Waals surface area (Å²) in [6.45, 7) is 2.89. The van der Waals surface area contributed by atoms with Gasteiger partial charge in [0, 0.05) is 19.8 Å². The van der Waals surface area contributed by atoms with Crippen LogP contribution >= 0.6 is 11.3 Å². The first-order valence-electron chi connectivity index (χ1n) is 6.97. The molecule has 0 radical (unpaired) electrons. The Balaban J connectivity index is 1.45. The molecule has 2 fully saturated rings. The quantitative estimate of drug-likeness (QED) is 0.777. The van der Waals surface area contributed by atoms with Crippen LogP contribution in [-0.2, 0) is 9.53 Å². The Bertz CT molecular complexity index is 417. The zero-order valence-electron chi connectivity index (χ0n) is 11.0. The number of hydrogen-bond donors (Lipinski definition) is 1. The van der Waals surface area contributed by atoms with Crippen molar-refractivity contribution in [3.05, 3.63) is 22.4 Å². The first-order chi connectivity index (χ1) is 9.34. The number of thiophene rings is 1. The maximum absolute atomic E-state index is 11.9. The van der Waals surface area contributed by atoms with E-state index >= 15 is 0 Å². The number of rotatable bonds is 7. The molecule has 19 heavy (non-hydrogen) atoms. The zero-order valence-corrected chi connectivity index (χ0v) is 11.8. The molecule has 1 aliphatic heterocycles. The van der Waals surface area contributed by atoms with Crippen LogP contribution in [0.4, 0.5) is 0 Å². The molecule has 2 aliphatic rings. The van der Waals surface area contributed by atoms with Crippen molar-refractivity contribution >= 4 is 17.2 Å². The van der Waals surface area contributed by atoms with Gasteiger partial charge >= 0.3 is 0 Å². The third kappa shape index (κ3) is 3.35. The van der Waals surface area contributed by atoms with E-state index in [1.807, 2.05) is 4.90 Å². The summed E-state index contributed by atoms with van der Waals surface area (Å²) >= 11 is 1.67. The van der Waals surface area contributed by atoms with Crippen molar-refractivity contribution < 1.29 is 9.53 Å². The second kappa shape index (κ2) is 6.03. The van der Waals surface area contributed by atoms with Gasteiger partial charge in [0.05, 0.1) is 6.54 Å². The average Bonchev–Trinajstić information content (AvgIpc) is 2.93. The second-order valence-corrected chi connectivity index (χ2v) is 6.08. The first-order valence-corrected chi connectivity index (χ1v) is 7.91. The van der Waals surface area contributed by atoms with E-state index in [-0.39, 0.29) is 12.1 Å². The van der Waals surface area contributed by atoms with Gasteiger partial charge in [0.1, 0.15) is 6.17 Å². The molecule has 1 atom stereocenters. The third-order valence-electron chi connectivity index (χ3n) is 3.68. The molecule has 1 amide bonds. The second-order valence-electron chi connectivity index (χ2n) is 5.30. The summed E-state index contributed by atoms with van der Waals surface area (Å²) in [5, 5.41) is 7.43. The average molecular weight is 280 g/mol. The highest BCUT2D eigenvalue weighted by atomic mass is 32.1. The fourth-order valence-corrected chi connectivity index (χ4v) is 3.07. The number of amides is 1. The van der Waals surface area contributed by atoms with Crippen LogP contribution in [0.25, 0.3) is 0 Å². The normalized spacial score (nSPS) is 23.3. The molecule has 104 valence electrons. The first kappa shape index (κ1) is 13.1. The van der Waals surface area contributed by atoms with E-state index in [0.29, 0.717) is 6.54 Å². The number of ether oxygens (including phenoxy) is 1. The summed E-state index contributed by atoms with van der Waals surface area (Å²) < 4.78 is 5.62. The Morgan fingerprint density at radius 2 is 2.37 bits per heavy atom. The maximum Gasteiger partial charge on any atom is 0.238 e. The monoisotopic (exact) mass is 280 g/mol. The maximum atomic E-state index is 11.9. The van der Waals surface area contributed by atoms with Crippen LogP contribution in [0.15, 0.2) is 16.8 Å². The highest BCUT2D eigenvalue weighted by Gasteiger charge is 2.31. The molecular formula is C14H20N2O2S. The van der Waals surface area contributed by atoms with Gasteiger partial charge in [-0.15, -0.1) is 0 Å². The van der Waals surface area contributed by atoms with E-state index in [0.717, 1.165) is 32.1 Å². The Morgan fingerprint density at radius 3 is 3.11 bits per heavy atom. The summed E-state index contributed by atoms with van der Waals surface area (Å²) in [4.78, 5) is 13.8. The highest BCUT2D eigenvalue weighted by Crippen LogP contribution is 2.29. The number of nitrogens with one attached hydrogen (secondary N) is 1. The lowest BCUT2D eigenvalue weighted by Gasteiger charge is -2.23. The van der Waals surface area contributed by atoms with Crippen molar-refractivity contribution in [2.45, 2.75) is 25.4 Å². The molecule has 5 heteroatoms. The summed E-state index contributed by atoms with van der Waals surface area (Å²) in [7, 11) is 0. The minimum Gasteiger partial charge on any atom is -0.381 e. The standard InChI is InChI=1S/C14H20N2O2S/c17-13-8-15-14(12-4-7-19-10-12)16(13)5-1-6-18-9-11-2-3-11/h4,7,10-11,14-15H,1-3,5-6,8-9H2. The Kier molecular flexibility index (Phi) is 4.15. The number of carbonyl (C=O) groups is 1. The zero-order chi connectivity index (χ0) is 13.1. The van der Waals surface area contributed by atoms with Crippen molar-refractivity contribution in [1.29, 1.82) is 0 Å². The molecular weight excluding hydrogens is 260 g/mol. The predicted molar refractivity (Wildman–Crippen MR) is 74.9 cm³/mol. The largest absolute Gasteiger partial charge is 0.381 e. The Hall–Kier alpha value is -0.910. The number of carbonyl (C=O) groups excluding carboxylic acids is 1. The summed E-state index contributed by atoms with van der Waals surface area (Å²) in [6, 6.07) is 2.08. The molecule has 4 nitrogen and oxygen atoms in total. The molecule has 1 aliphatic carbocycles. The van der Waals surface area contributed by atoms with Gasteiger partial charge in [-0.2, -0.15) is 11.3 Å². The van der Waals surface area contributed by atoms with Crippen molar-refractivity contribution in [3.8, 4) is 0 Å². The molecule has 0 bridgehead atoms. The molecule has 1 aromatic rings. The van der Waals surface area contributed by atoms with Gasteiger partial charge in [-0.3, -0.25) is 10.1 Å². The Morgan fingerprint density at radius 1 is 1.47 bits per heavy atom. The topological polar surface area (TPSA) is 41.6 Å². The molecule has 1 saturated carbocycles. The number of nitrogens with zero attached hydrogens (tertiary/aromatic N) is 1. The molecule has 1 saturated heterocycles. The van der Waals surface area contributed by atoms with Crippen LogP contribution in [-0.4, -0.2) is 37.1 Å². The molecule has 0 aromatic carbocycles. The summed E-state index contributed by atoms with van der Waals surface area (Å²) in [6.07, 6.45) is 3.63. The summed E-state index contributed by atoms with van der Waals surface area (Å²) in [5.41, 5.74) is 1.19. The van der Waals surface area contributed by atoms with Crippen LogP contribution in [0.1, 0.15) is 31.0 Å². The molecule has 1 unspecified atom stereocenters. The lowest BCUT2D eigenvalue weighted by molar-refractivity contribution is -0.128. The van der Waals surface area contributed by atoms with Crippen LogP contribution in [0.3, 0.4) is 0 Å². The summed E-state index contributed by atoms with van der Waals surface area (Å²) in [5.74, 6) is 1.01. The van der Waals surface area contributed by atoms with Crippen molar-refractivity contribution in [2.24, 2.45) is 5.92 Å². The van der Waals surface area contributed by atoms with Crippen LogP contribution in [0, 0.1) is 5.92 Å². The molecule has 1 N–H and O–H groups in total. The minimum atomic E-state index is 0.0576. The van der Waals surface area contributed by atoms with E-state index in [1.165, 1.54) is 18.4 Å². The predicted octanol–water partition coefficient (Wildman–Crippen LogP) is 2.00. The molecule has 3 rings (SSSR count). The van der Waals surface area contributed by atoms with Crippen molar-refractivity contribution in [1.82, 2.24) is 10.2 Å². The SMILES string of the molecule is O=C1CNC(c2ccsc2)N1CCCOCC1CC1. The van der Waals surface area contributed by atoms with E-state index in [1.54, 1.807) is 11.3 Å². The fraction of sp³-hybridized carbons (Fsp3) is 0.643. The smallest absolute Gasteiger partial charge is 0.238 e.